The van der Waals surface area contributed by atoms with Crippen LogP contribution in [0.2, 0.25) is 0 Å². The van der Waals surface area contributed by atoms with Crippen LogP contribution in [-0.4, -0.2) is 5.78 Å². The summed E-state index contributed by atoms with van der Waals surface area (Å²) in [5, 5.41) is 0. The van der Waals surface area contributed by atoms with Gasteiger partial charge in [-0.3, -0.25) is 4.79 Å². The van der Waals surface area contributed by atoms with E-state index in [4.69, 9.17) is 0 Å². The highest BCUT2D eigenvalue weighted by atomic mass is 16.1. The number of Topliss-reactive ketones (excluding diaryl/α,β-unsaturated/α-hetero) is 1. The Hall–Kier alpha value is -0.330. The summed E-state index contributed by atoms with van der Waals surface area (Å²) < 4.78 is 0. The summed E-state index contributed by atoms with van der Waals surface area (Å²) in [7, 11) is 0. The second-order valence-corrected chi connectivity index (χ2v) is 5.01. The summed E-state index contributed by atoms with van der Waals surface area (Å²) in [5.41, 5.74) is 0. The molecule has 0 saturated heterocycles. The fourth-order valence-corrected chi connectivity index (χ4v) is 2.85. The van der Waals surface area contributed by atoms with Crippen molar-refractivity contribution in [3.05, 3.63) is 0 Å². The Morgan fingerprint density at radius 3 is 2.07 bits per heavy atom. The Morgan fingerprint density at radius 2 is 1.60 bits per heavy atom. The molecule has 0 atom stereocenters. The number of hydrogen-bond donors (Lipinski definition) is 0. The lowest BCUT2D eigenvalue weighted by Gasteiger charge is -2.25. The minimum absolute atomic E-state index is 0.378. The summed E-state index contributed by atoms with van der Waals surface area (Å²) >= 11 is 0. The monoisotopic (exact) mass is 210 g/mol. The molecule has 0 N–H and O–H groups in total. The van der Waals surface area contributed by atoms with E-state index in [1.54, 1.807) is 0 Å². The zero-order valence-electron chi connectivity index (χ0n) is 10.4. The fourth-order valence-electron chi connectivity index (χ4n) is 2.85. The van der Waals surface area contributed by atoms with Crippen LogP contribution in [0.25, 0.3) is 0 Å². The second-order valence-electron chi connectivity index (χ2n) is 5.01. The number of carbonyl (C=O) groups is 1. The van der Waals surface area contributed by atoms with E-state index in [-0.39, 0.29) is 0 Å². The summed E-state index contributed by atoms with van der Waals surface area (Å²) in [6.07, 6.45) is 10.8. The quantitative estimate of drug-likeness (QED) is 0.637. The van der Waals surface area contributed by atoms with Crippen LogP contribution in [0, 0.1) is 11.8 Å². The molecule has 0 aromatic heterocycles. The molecule has 0 spiro atoms. The lowest BCUT2D eigenvalue weighted by molar-refractivity contribution is -0.128. The Morgan fingerprint density at radius 1 is 1.07 bits per heavy atom. The van der Waals surface area contributed by atoms with Gasteiger partial charge in [0.1, 0.15) is 5.78 Å². The summed E-state index contributed by atoms with van der Waals surface area (Å²) in [4.78, 5) is 12.3. The molecule has 0 unspecified atom stereocenters. The van der Waals surface area contributed by atoms with Crippen molar-refractivity contribution in [1.29, 1.82) is 0 Å². The molecule has 0 heterocycles. The molecule has 15 heavy (non-hydrogen) atoms. The standard InChI is InChI=1S/C14H26O/c1-3-8-12(9-4-2)14(15)13-10-6-5-7-11-13/h12-13H,3-11H2,1-2H3. The summed E-state index contributed by atoms with van der Waals surface area (Å²) in [5.74, 6) is 1.39. The first-order valence-corrected chi connectivity index (χ1v) is 6.83. The Balaban J connectivity index is 2.45. The van der Waals surface area contributed by atoms with E-state index >= 15 is 0 Å². The molecule has 0 bridgehead atoms. The van der Waals surface area contributed by atoms with Gasteiger partial charge in [-0.25, -0.2) is 0 Å². The third-order valence-electron chi connectivity index (χ3n) is 3.68. The zero-order valence-corrected chi connectivity index (χ0v) is 10.4. The predicted octanol–water partition coefficient (Wildman–Crippen LogP) is 4.35. The van der Waals surface area contributed by atoms with Crippen LogP contribution >= 0.6 is 0 Å². The van der Waals surface area contributed by atoms with E-state index in [2.05, 4.69) is 13.8 Å². The topological polar surface area (TPSA) is 17.1 Å². The molecule has 1 aliphatic rings. The van der Waals surface area contributed by atoms with Crippen LogP contribution in [0.4, 0.5) is 0 Å². The van der Waals surface area contributed by atoms with Crippen molar-refractivity contribution in [2.24, 2.45) is 11.8 Å². The van der Waals surface area contributed by atoms with Gasteiger partial charge in [-0.05, 0) is 25.7 Å². The van der Waals surface area contributed by atoms with E-state index in [9.17, 15) is 4.79 Å². The van der Waals surface area contributed by atoms with Gasteiger partial charge in [-0.1, -0.05) is 46.0 Å². The molecule has 1 aliphatic carbocycles. The normalized spacial score (nSPS) is 18.3. The van der Waals surface area contributed by atoms with Crippen LogP contribution in [-0.2, 0) is 4.79 Å². The highest BCUT2D eigenvalue weighted by molar-refractivity contribution is 5.83. The smallest absolute Gasteiger partial charge is 0.139 e. The molecular formula is C14H26O. The van der Waals surface area contributed by atoms with Gasteiger partial charge in [-0.15, -0.1) is 0 Å². The average Bonchev–Trinajstić information content (AvgIpc) is 2.29. The Kier molecular flexibility index (Phi) is 5.97. The van der Waals surface area contributed by atoms with Crippen LogP contribution in [0.3, 0.4) is 0 Å². The van der Waals surface area contributed by atoms with E-state index < -0.39 is 0 Å². The van der Waals surface area contributed by atoms with Crippen molar-refractivity contribution < 1.29 is 4.79 Å². The SMILES string of the molecule is CCCC(CCC)C(=O)C1CCCCC1. The van der Waals surface area contributed by atoms with Crippen LogP contribution in [0.15, 0.2) is 0 Å². The zero-order chi connectivity index (χ0) is 11.1. The summed E-state index contributed by atoms with van der Waals surface area (Å²) in [6, 6.07) is 0. The predicted molar refractivity (Wildman–Crippen MR) is 64.9 cm³/mol. The molecule has 88 valence electrons. The third kappa shape index (κ3) is 3.96. The molecule has 1 fully saturated rings. The van der Waals surface area contributed by atoms with E-state index in [1.165, 1.54) is 32.1 Å². The maximum Gasteiger partial charge on any atom is 0.139 e. The largest absolute Gasteiger partial charge is 0.299 e. The first-order chi connectivity index (χ1) is 7.29. The maximum atomic E-state index is 12.3. The Labute approximate surface area is 94.6 Å². The van der Waals surface area contributed by atoms with Crippen molar-refractivity contribution in [1.82, 2.24) is 0 Å². The summed E-state index contributed by atoms with van der Waals surface area (Å²) in [6.45, 7) is 4.38. The number of carbonyl (C=O) groups excluding carboxylic acids is 1. The number of hydrogen-bond acceptors (Lipinski definition) is 1. The van der Waals surface area contributed by atoms with Gasteiger partial charge in [0.05, 0.1) is 0 Å². The minimum atomic E-state index is 0.378. The van der Waals surface area contributed by atoms with E-state index in [0.29, 0.717) is 17.6 Å². The third-order valence-corrected chi connectivity index (χ3v) is 3.68. The van der Waals surface area contributed by atoms with Gasteiger partial charge < -0.3 is 0 Å². The van der Waals surface area contributed by atoms with Crippen molar-refractivity contribution in [2.45, 2.75) is 71.6 Å². The first-order valence-electron chi connectivity index (χ1n) is 6.83. The van der Waals surface area contributed by atoms with E-state index in [1.807, 2.05) is 0 Å². The van der Waals surface area contributed by atoms with Crippen LogP contribution in [0.1, 0.15) is 71.6 Å². The van der Waals surface area contributed by atoms with Gasteiger partial charge in [0.2, 0.25) is 0 Å². The van der Waals surface area contributed by atoms with Gasteiger partial charge in [0.25, 0.3) is 0 Å². The molecule has 0 aromatic rings. The molecule has 0 amide bonds. The molecule has 1 heteroatoms. The van der Waals surface area contributed by atoms with Gasteiger partial charge in [-0.2, -0.15) is 0 Å². The fraction of sp³-hybridized carbons (Fsp3) is 0.929. The minimum Gasteiger partial charge on any atom is -0.299 e. The van der Waals surface area contributed by atoms with Gasteiger partial charge in [0, 0.05) is 11.8 Å². The lowest BCUT2D eigenvalue weighted by Crippen LogP contribution is -2.25. The van der Waals surface area contributed by atoms with Crippen molar-refractivity contribution >= 4 is 5.78 Å². The van der Waals surface area contributed by atoms with Gasteiger partial charge in [0.15, 0.2) is 0 Å². The van der Waals surface area contributed by atoms with Crippen molar-refractivity contribution in [3.63, 3.8) is 0 Å². The van der Waals surface area contributed by atoms with Gasteiger partial charge >= 0.3 is 0 Å². The molecule has 1 nitrogen and oxygen atoms in total. The molecule has 1 saturated carbocycles. The lowest BCUT2D eigenvalue weighted by atomic mass is 9.79. The highest BCUT2D eigenvalue weighted by Gasteiger charge is 2.26. The van der Waals surface area contributed by atoms with Crippen LogP contribution in [0.5, 0.6) is 0 Å². The molecule has 1 rings (SSSR count). The number of rotatable bonds is 6. The number of ketones is 1. The first kappa shape index (κ1) is 12.7. The molecule has 0 aliphatic heterocycles. The molecule has 0 aromatic carbocycles. The van der Waals surface area contributed by atoms with Crippen molar-refractivity contribution in [2.75, 3.05) is 0 Å². The maximum absolute atomic E-state index is 12.3. The Bertz CT molecular complexity index is 174. The second kappa shape index (κ2) is 7.03. The van der Waals surface area contributed by atoms with E-state index in [0.717, 1.165) is 25.7 Å². The molecule has 0 radical (unpaired) electrons. The van der Waals surface area contributed by atoms with Crippen LogP contribution < -0.4 is 0 Å². The van der Waals surface area contributed by atoms with Crippen molar-refractivity contribution in [3.8, 4) is 0 Å². The highest BCUT2D eigenvalue weighted by Crippen LogP contribution is 2.29. The average molecular weight is 210 g/mol. The molecular weight excluding hydrogens is 184 g/mol.